The van der Waals surface area contributed by atoms with Crippen molar-refractivity contribution < 1.29 is 14.3 Å². The predicted octanol–water partition coefficient (Wildman–Crippen LogP) is 3.17. The lowest BCUT2D eigenvalue weighted by atomic mass is 10.2. The minimum absolute atomic E-state index is 0.113. The van der Waals surface area contributed by atoms with Crippen LogP contribution in [0.15, 0.2) is 35.5 Å². The minimum Gasteiger partial charge on any atom is -0.462 e. The van der Waals surface area contributed by atoms with Crippen LogP contribution in [0.3, 0.4) is 0 Å². The van der Waals surface area contributed by atoms with Gasteiger partial charge in [0.05, 0.1) is 24.5 Å². The standard InChI is InChI=1S/C18H23N3O3S/c1-13(2)24-16(22)12-25-18-20-19-17(14-7-4-3-5-8-14)21(18)11-15-9-6-10-23-15/h3-5,7-8,13,15H,6,9-12H2,1-2H3/t15-/m0/s1. The first-order valence-electron chi connectivity index (χ1n) is 8.56. The van der Waals surface area contributed by atoms with E-state index in [-0.39, 0.29) is 23.9 Å². The van der Waals surface area contributed by atoms with Crippen LogP contribution in [0, 0.1) is 0 Å². The highest BCUT2D eigenvalue weighted by Crippen LogP contribution is 2.26. The summed E-state index contributed by atoms with van der Waals surface area (Å²) in [4.78, 5) is 11.8. The van der Waals surface area contributed by atoms with E-state index in [0.717, 1.165) is 36.0 Å². The summed E-state index contributed by atoms with van der Waals surface area (Å²) in [5, 5.41) is 9.37. The molecule has 1 aromatic heterocycles. The molecule has 3 rings (SSSR count). The van der Waals surface area contributed by atoms with Gasteiger partial charge in [0, 0.05) is 12.2 Å². The van der Waals surface area contributed by atoms with E-state index >= 15 is 0 Å². The molecule has 134 valence electrons. The van der Waals surface area contributed by atoms with Gasteiger partial charge in [-0.1, -0.05) is 42.1 Å². The maximum Gasteiger partial charge on any atom is 0.316 e. The van der Waals surface area contributed by atoms with Crippen molar-refractivity contribution in [3.05, 3.63) is 30.3 Å². The Morgan fingerprint density at radius 3 is 2.84 bits per heavy atom. The van der Waals surface area contributed by atoms with E-state index in [9.17, 15) is 4.79 Å². The fraction of sp³-hybridized carbons (Fsp3) is 0.500. The van der Waals surface area contributed by atoms with Crippen molar-refractivity contribution in [1.29, 1.82) is 0 Å². The Bertz CT molecular complexity index is 697. The van der Waals surface area contributed by atoms with Gasteiger partial charge in [-0.15, -0.1) is 10.2 Å². The summed E-state index contributed by atoms with van der Waals surface area (Å²) in [5.41, 5.74) is 1.00. The quantitative estimate of drug-likeness (QED) is 0.557. The van der Waals surface area contributed by atoms with Crippen molar-refractivity contribution in [1.82, 2.24) is 14.8 Å². The molecule has 1 aliphatic heterocycles. The summed E-state index contributed by atoms with van der Waals surface area (Å²) >= 11 is 1.36. The first-order valence-corrected chi connectivity index (χ1v) is 9.54. The van der Waals surface area contributed by atoms with E-state index in [4.69, 9.17) is 9.47 Å². The third kappa shape index (κ3) is 4.83. The van der Waals surface area contributed by atoms with Crippen LogP contribution >= 0.6 is 11.8 Å². The molecule has 1 aromatic carbocycles. The molecule has 0 radical (unpaired) electrons. The van der Waals surface area contributed by atoms with E-state index in [2.05, 4.69) is 14.8 Å². The Morgan fingerprint density at radius 2 is 2.16 bits per heavy atom. The van der Waals surface area contributed by atoms with Crippen LogP contribution in [-0.2, 0) is 20.8 Å². The summed E-state index contributed by atoms with van der Waals surface area (Å²) in [5.74, 6) is 0.778. The molecule has 1 saturated heterocycles. The van der Waals surface area contributed by atoms with Crippen molar-refractivity contribution in [2.24, 2.45) is 0 Å². The second-order valence-electron chi connectivity index (χ2n) is 6.25. The molecule has 0 bridgehead atoms. The zero-order valence-electron chi connectivity index (χ0n) is 14.6. The Balaban J connectivity index is 1.79. The van der Waals surface area contributed by atoms with Gasteiger partial charge in [-0.3, -0.25) is 9.36 Å². The number of hydrogen-bond acceptors (Lipinski definition) is 6. The van der Waals surface area contributed by atoms with Crippen LogP contribution in [0.25, 0.3) is 11.4 Å². The molecule has 0 saturated carbocycles. The van der Waals surface area contributed by atoms with Crippen molar-refractivity contribution in [3.8, 4) is 11.4 Å². The summed E-state index contributed by atoms with van der Waals surface area (Å²) in [6, 6.07) is 9.96. The number of benzene rings is 1. The average molecular weight is 361 g/mol. The molecule has 0 aliphatic carbocycles. The predicted molar refractivity (Wildman–Crippen MR) is 96.4 cm³/mol. The van der Waals surface area contributed by atoms with E-state index in [0.29, 0.717) is 6.54 Å². The Morgan fingerprint density at radius 1 is 1.36 bits per heavy atom. The molecule has 2 aromatic rings. The minimum atomic E-state index is -0.243. The molecule has 1 aliphatic rings. The largest absolute Gasteiger partial charge is 0.462 e. The first-order chi connectivity index (χ1) is 12.1. The summed E-state index contributed by atoms with van der Waals surface area (Å²) in [6.07, 6.45) is 2.17. The smallest absolute Gasteiger partial charge is 0.316 e. The van der Waals surface area contributed by atoms with Gasteiger partial charge < -0.3 is 9.47 Å². The van der Waals surface area contributed by atoms with Gasteiger partial charge in [-0.25, -0.2) is 0 Å². The number of esters is 1. The second-order valence-corrected chi connectivity index (χ2v) is 7.19. The van der Waals surface area contributed by atoms with Crippen LogP contribution in [0.4, 0.5) is 0 Å². The van der Waals surface area contributed by atoms with E-state index in [1.165, 1.54) is 11.8 Å². The monoisotopic (exact) mass is 361 g/mol. The zero-order valence-corrected chi connectivity index (χ0v) is 15.4. The summed E-state index contributed by atoms with van der Waals surface area (Å²) < 4.78 is 13.0. The molecule has 0 spiro atoms. The number of hydrogen-bond donors (Lipinski definition) is 0. The summed E-state index contributed by atoms with van der Waals surface area (Å²) in [6.45, 7) is 5.18. The molecular formula is C18H23N3O3S. The Labute approximate surface area is 151 Å². The lowest BCUT2D eigenvalue weighted by Crippen LogP contribution is -2.17. The lowest BCUT2D eigenvalue weighted by Gasteiger charge is -2.14. The highest BCUT2D eigenvalue weighted by Gasteiger charge is 2.22. The first kappa shape index (κ1) is 17.9. The van der Waals surface area contributed by atoms with Gasteiger partial charge in [0.25, 0.3) is 0 Å². The van der Waals surface area contributed by atoms with Crippen molar-refractivity contribution >= 4 is 17.7 Å². The van der Waals surface area contributed by atoms with E-state index < -0.39 is 0 Å². The number of carbonyl (C=O) groups excluding carboxylic acids is 1. The summed E-state index contributed by atoms with van der Waals surface area (Å²) in [7, 11) is 0. The highest BCUT2D eigenvalue weighted by molar-refractivity contribution is 7.99. The van der Waals surface area contributed by atoms with E-state index in [1.54, 1.807) is 0 Å². The van der Waals surface area contributed by atoms with Gasteiger partial charge in [0.15, 0.2) is 11.0 Å². The van der Waals surface area contributed by atoms with Crippen molar-refractivity contribution in [2.75, 3.05) is 12.4 Å². The molecule has 1 fully saturated rings. The van der Waals surface area contributed by atoms with Gasteiger partial charge in [0.1, 0.15) is 0 Å². The third-order valence-corrected chi connectivity index (χ3v) is 4.79. The molecule has 0 amide bonds. The highest BCUT2D eigenvalue weighted by atomic mass is 32.2. The second kappa shape index (κ2) is 8.49. The average Bonchev–Trinajstić information content (AvgIpc) is 3.24. The molecule has 7 heteroatoms. The van der Waals surface area contributed by atoms with Crippen LogP contribution in [0.1, 0.15) is 26.7 Å². The van der Waals surface area contributed by atoms with Crippen LogP contribution < -0.4 is 0 Å². The zero-order chi connectivity index (χ0) is 17.6. The van der Waals surface area contributed by atoms with E-state index in [1.807, 2.05) is 44.2 Å². The van der Waals surface area contributed by atoms with Gasteiger partial charge >= 0.3 is 5.97 Å². The van der Waals surface area contributed by atoms with Crippen LogP contribution in [0.5, 0.6) is 0 Å². The Kier molecular flexibility index (Phi) is 6.09. The lowest BCUT2D eigenvalue weighted by molar-refractivity contribution is -0.144. The molecule has 2 heterocycles. The van der Waals surface area contributed by atoms with Gasteiger partial charge in [-0.2, -0.15) is 0 Å². The molecule has 25 heavy (non-hydrogen) atoms. The van der Waals surface area contributed by atoms with Gasteiger partial charge in [0.2, 0.25) is 0 Å². The third-order valence-electron chi connectivity index (χ3n) is 3.85. The van der Waals surface area contributed by atoms with Gasteiger partial charge in [-0.05, 0) is 26.7 Å². The number of rotatable bonds is 7. The molecule has 0 unspecified atom stereocenters. The maximum absolute atomic E-state index is 11.8. The molecular weight excluding hydrogens is 338 g/mol. The van der Waals surface area contributed by atoms with Crippen molar-refractivity contribution in [3.63, 3.8) is 0 Å². The normalized spacial score (nSPS) is 17.2. The fourth-order valence-corrected chi connectivity index (χ4v) is 3.50. The number of thioether (sulfide) groups is 1. The number of ether oxygens (including phenoxy) is 2. The number of carbonyl (C=O) groups is 1. The van der Waals surface area contributed by atoms with Crippen LogP contribution in [0.2, 0.25) is 0 Å². The SMILES string of the molecule is CC(C)OC(=O)CSc1nnc(-c2ccccc2)n1C[C@@H]1CCCO1. The topological polar surface area (TPSA) is 66.2 Å². The fourth-order valence-electron chi connectivity index (χ4n) is 2.77. The maximum atomic E-state index is 11.8. The van der Waals surface area contributed by atoms with Crippen LogP contribution in [-0.4, -0.2) is 45.3 Å². The molecule has 0 N–H and O–H groups in total. The molecule has 1 atom stereocenters. The number of aromatic nitrogens is 3. The number of nitrogens with zero attached hydrogens (tertiary/aromatic N) is 3. The Hall–Kier alpha value is -1.86. The van der Waals surface area contributed by atoms with Crippen molar-refractivity contribution in [2.45, 2.75) is 50.6 Å². The molecule has 6 nitrogen and oxygen atoms in total.